The van der Waals surface area contributed by atoms with Crippen molar-refractivity contribution in [3.8, 4) is 0 Å². The Balaban J connectivity index is 2.03. The van der Waals surface area contributed by atoms with Crippen LogP contribution in [0.3, 0.4) is 0 Å². The highest BCUT2D eigenvalue weighted by Crippen LogP contribution is 2.32. The van der Waals surface area contributed by atoms with E-state index in [0.29, 0.717) is 12.3 Å². The Hall–Kier alpha value is -0.840. The molecule has 1 saturated carbocycles. The molecular formula is C12H17BrN2O2. The molecule has 1 aliphatic rings. The molecule has 0 bridgehead atoms. The van der Waals surface area contributed by atoms with E-state index in [0.717, 1.165) is 16.1 Å². The van der Waals surface area contributed by atoms with Crippen LogP contribution >= 0.6 is 15.9 Å². The summed E-state index contributed by atoms with van der Waals surface area (Å²) in [7, 11) is 0. The molecule has 1 heterocycles. The molecule has 2 N–H and O–H groups in total. The number of aliphatic carboxylic acids is 1. The topological polar surface area (TPSA) is 66.0 Å². The number of carboxylic acids is 1. The molecule has 0 saturated heterocycles. The Morgan fingerprint density at radius 2 is 2.12 bits per heavy atom. The summed E-state index contributed by atoms with van der Waals surface area (Å²) in [5, 5.41) is 8.67. The monoisotopic (exact) mass is 300 g/mol. The second-order valence-electron chi connectivity index (χ2n) is 4.62. The molecule has 17 heavy (non-hydrogen) atoms. The number of nitrogens with zero attached hydrogens (tertiary/aromatic N) is 1. The van der Waals surface area contributed by atoms with E-state index >= 15 is 0 Å². The minimum absolute atomic E-state index is 0.144. The maximum Gasteiger partial charge on any atom is 0.303 e. The molecule has 1 aromatic rings. The van der Waals surface area contributed by atoms with Crippen molar-refractivity contribution < 1.29 is 9.90 Å². The van der Waals surface area contributed by atoms with E-state index in [-0.39, 0.29) is 6.42 Å². The van der Waals surface area contributed by atoms with E-state index in [2.05, 4.69) is 25.9 Å². The Labute approximate surface area is 109 Å². The van der Waals surface area contributed by atoms with Gasteiger partial charge in [0.1, 0.15) is 10.4 Å². The van der Waals surface area contributed by atoms with Crippen LogP contribution in [0.5, 0.6) is 0 Å². The van der Waals surface area contributed by atoms with Gasteiger partial charge < -0.3 is 10.1 Å². The highest BCUT2D eigenvalue weighted by atomic mass is 79.9. The summed E-state index contributed by atoms with van der Waals surface area (Å²) in [4.78, 5) is 18.3. The molecule has 1 fully saturated rings. The van der Waals surface area contributed by atoms with Crippen molar-refractivity contribution in [2.45, 2.75) is 50.9 Å². The van der Waals surface area contributed by atoms with Gasteiger partial charge in [0.15, 0.2) is 0 Å². The minimum atomic E-state index is -0.772. The number of H-pyrrole nitrogens is 1. The van der Waals surface area contributed by atoms with E-state index in [1.54, 1.807) is 0 Å². The maximum absolute atomic E-state index is 10.5. The Morgan fingerprint density at radius 3 is 2.76 bits per heavy atom. The maximum atomic E-state index is 10.5. The average Bonchev–Trinajstić information content (AvgIpc) is 2.69. The normalized spacial score (nSPS) is 17.2. The van der Waals surface area contributed by atoms with Crippen LogP contribution in [0.15, 0.2) is 4.60 Å². The number of carboxylic acid groups (broad SMARTS) is 1. The summed E-state index contributed by atoms with van der Waals surface area (Å²) in [6.07, 6.45) is 6.91. The number of aryl methyl sites for hydroxylation is 1. The van der Waals surface area contributed by atoms with Gasteiger partial charge in [0.05, 0.1) is 6.42 Å². The fraction of sp³-hybridized carbons (Fsp3) is 0.667. The number of nitrogens with one attached hydrogen (secondary N) is 1. The highest BCUT2D eigenvalue weighted by molar-refractivity contribution is 9.10. The second kappa shape index (κ2) is 5.67. The second-order valence-corrected chi connectivity index (χ2v) is 5.37. The molecule has 0 aliphatic heterocycles. The van der Waals surface area contributed by atoms with Crippen molar-refractivity contribution >= 4 is 21.9 Å². The lowest BCUT2D eigenvalue weighted by molar-refractivity contribution is -0.136. The van der Waals surface area contributed by atoms with Crippen LogP contribution in [0, 0.1) is 0 Å². The van der Waals surface area contributed by atoms with Gasteiger partial charge in [-0.3, -0.25) is 4.79 Å². The SMILES string of the molecule is O=C(O)CCc1[nH]c(C2CCCCC2)nc1Br. The number of imidazole rings is 1. The van der Waals surface area contributed by atoms with E-state index in [1.165, 1.54) is 32.1 Å². The smallest absolute Gasteiger partial charge is 0.303 e. The predicted octanol–water partition coefficient (Wildman–Crippen LogP) is 3.24. The van der Waals surface area contributed by atoms with Gasteiger partial charge in [-0.2, -0.15) is 0 Å². The number of hydrogen-bond donors (Lipinski definition) is 2. The quantitative estimate of drug-likeness (QED) is 0.897. The zero-order valence-electron chi connectivity index (χ0n) is 9.71. The average molecular weight is 301 g/mol. The Kier molecular flexibility index (Phi) is 4.20. The number of aromatic amines is 1. The van der Waals surface area contributed by atoms with Crippen LogP contribution in [0.1, 0.15) is 56.0 Å². The first-order valence-corrected chi connectivity index (χ1v) is 6.92. The Morgan fingerprint density at radius 1 is 1.41 bits per heavy atom. The summed E-state index contributed by atoms with van der Waals surface area (Å²) < 4.78 is 0.777. The lowest BCUT2D eigenvalue weighted by Gasteiger charge is -2.19. The molecule has 4 nitrogen and oxygen atoms in total. The summed E-state index contributed by atoms with van der Waals surface area (Å²) in [6.45, 7) is 0. The third kappa shape index (κ3) is 3.31. The molecule has 0 aromatic carbocycles. The minimum Gasteiger partial charge on any atom is -0.481 e. The van der Waals surface area contributed by atoms with Gasteiger partial charge in [-0.1, -0.05) is 19.3 Å². The van der Waals surface area contributed by atoms with Crippen molar-refractivity contribution in [3.05, 3.63) is 16.1 Å². The van der Waals surface area contributed by atoms with Crippen LogP contribution in [0.2, 0.25) is 0 Å². The summed E-state index contributed by atoms with van der Waals surface area (Å²) in [6, 6.07) is 0. The third-order valence-electron chi connectivity index (χ3n) is 3.33. The van der Waals surface area contributed by atoms with Gasteiger partial charge >= 0.3 is 5.97 Å². The number of carbonyl (C=O) groups is 1. The molecule has 94 valence electrons. The third-order valence-corrected chi connectivity index (χ3v) is 3.98. The lowest BCUT2D eigenvalue weighted by atomic mass is 9.89. The van der Waals surface area contributed by atoms with Crippen molar-refractivity contribution in [2.75, 3.05) is 0 Å². The Bertz CT molecular complexity index is 397. The van der Waals surface area contributed by atoms with Gasteiger partial charge in [0.2, 0.25) is 0 Å². The van der Waals surface area contributed by atoms with Crippen LogP contribution in [-0.2, 0) is 11.2 Å². The van der Waals surface area contributed by atoms with Crippen LogP contribution < -0.4 is 0 Å². The molecule has 1 aromatic heterocycles. The van der Waals surface area contributed by atoms with Crippen LogP contribution in [-0.4, -0.2) is 21.0 Å². The van der Waals surface area contributed by atoms with Crippen molar-refractivity contribution in [2.24, 2.45) is 0 Å². The molecule has 0 spiro atoms. The molecule has 1 aliphatic carbocycles. The number of rotatable bonds is 4. The van der Waals surface area contributed by atoms with Gasteiger partial charge in [0.25, 0.3) is 0 Å². The molecule has 0 amide bonds. The van der Waals surface area contributed by atoms with Crippen molar-refractivity contribution in [1.29, 1.82) is 0 Å². The zero-order chi connectivity index (χ0) is 12.3. The molecule has 2 rings (SSSR count). The van der Waals surface area contributed by atoms with Gasteiger partial charge in [-0.25, -0.2) is 4.98 Å². The zero-order valence-corrected chi connectivity index (χ0v) is 11.3. The van der Waals surface area contributed by atoms with Crippen molar-refractivity contribution in [1.82, 2.24) is 9.97 Å². The first-order chi connectivity index (χ1) is 8.16. The van der Waals surface area contributed by atoms with E-state index < -0.39 is 5.97 Å². The van der Waals surface area contributed by atoms with Gasteiger partial charge in [-0.15, -0.1) is 0 Å². The number of hydrogen-bond acceptors (Lipinski definition) is 2. The summed E-state index contributed by atoms with van der Waals surface area (Å²) in [5.74, 6) is 0.779. The largest absolute Gasteiger partial charge is 0.481 e. The molecule has 0 atom stereocenters. The first-order valence-electron chi connectivity index (χ1n) is 6.13. The molecular weight excluding hydrogens is 284 g/mol. The van der Waals surface area contributed by atoms with Crippen LogP contribution in [0.25, 0.3) is 0 Å². The standard InChI is InChI=1S/C12H17BrN2O2/c13-11-9(6-7-10(16)17)14-12(15-11)8-4-2-1-3-5-8/h8H,1-7H2,(H,14,15)(H,16,17). The summed E-state index contributed by atoms with van der Waals surface area (Å²) >= 11 is 3.40. The molecule has 0 radical (unpaired) electrons. The predicted molar refractivity (Wildman–Crippen MR) is 68.1 cm³/mol. The van der Waals surface area contributed by atoms with E-state index in [1.807, 2.05) is 0 Å². The lowest BCUT2D eigenvalue weighted by Crippen LogP contribution is -2.06. The molecule has 0 unspecified atom stereocenters. The molecule has 5 heteroatoms. The van der Waals surface area contributed by atoms with E-state index in [9.17, 15) is 4.79 Å². The fourth-order valence-corrected chi connectivity index (χ4v) is 2.86. The van der Waals surface area contributed by atoms with Crippen molar-refractivity contribution in [3.63, 3.8) is 0 Å². The number of aromatic nitrogens is 2. The van der Waals surface area contributed by atoms with E-state index in [4.69, 9.17) is 5.11 Å². The fourth-order valence-electron chi connectivity index (χ4n) is 2.37. The number of halogens is 1. The summed E-state index contributed by atoms with van der Waals surface area (Å²) in [5.41, 5.74) is 0.910. The highest BCUT2D eigenvalue weighted by Gasteiger charge is 2.20. The van der Waals surface area contributed by atoms with Gasteiger partial charge in [0, 0.05) is 18.0 Å². The van der Waals surface area contributed by atoms with Gasteiger partial charge in [-0.05, 0) is 28.8 Å². The first kappa shape index (κ1) is 12.6. The van der Waals surface area contributed by atoms with Crippen LogP contribution in [0.4, 0.5) is 0 Å².